The number of carbonyl (C=O) groups is 2. The number of para-hydroxylation sites is 1. The fourth-order valence-corrected chi connectivity index (χ4v) is 2.25. The van der Waals surface area contributed by atoms with Gasteiger partial charge >= 0.3 is 5.69 Å². The first-order valence-electron chi connectivity index (χ1n) is 7.62. The molecule has 7 nitrogen and oxygen atoms in total. The van der Waals surface area contributed by atoms with Crippen LogP contribution in [0.1, 0.15) is 29.8 Å². The predicted octanol–water partition coefficient (Wildman–Crippen LogP) is 3.51. The second-order valence-corrected chi connectivity index (χ2v) is 5.58. The number of Topliss-reactive ketones (excluding diaryl/α,β-unsaturated/α-hetero) is 1. The molecule has 1 N–H and O–H groups in total. The number of carbonyl (C=O) groups excluding carboxylic acids is 2. The van der Waals surface area contributed by atoms with E-state index >= 15 is 0 Å². The Kier molecular flexibility index (Phi) is 5.49. The van der Waals surface area contributed by atoms with Gasteiger partial charge < -0.3 is 10.1 Å². The summed E-state index contributed by atoms with van der Waals surface area (Å²) in [6.07, 6.45) is -0.985. The van der Waals surface area contributed by atoms with E-state index in [9.17, 15) is 19.7 Å². The highest BCUT2D eigenvalue weighted by molar-refractivity contribution is 6.04. The summed E-state index contributed by atoms with van der Waals surface area (Å²) in [5.41, 5.74) is 1.26. The third-order valence-electron chi connectivity index (χ3n) is 3.55. The van der Waals surface area contributed by atoms with Gasteiger partial charge in [-0.3, -0.25) is 19.7 Å². The Hall–Kier alpha value is -3.22. The molecule has 2 aromatic rings. The van der Waals surface area contributed by atoms with E-state index in [0.29, 0.717) is 16.8 Å². The first-order chi connectivity index (χ1) is 11.8. The Labute approximate surface area is 144 Å². The molecule has 0 radical (unpaired) electrons. The van der Waals surface area contributed by atoms with Crippen LogP contribution in [-0.4, -0.2) is 22.7 Å². The largest absolute Gasteiger partial charge is 0.474 e. The van der Waals surface area contributed by atoms with Gasteiger partial charge in [-0.1, -0.05) is 18.2 Å². The molecule has 0 aliphatic heterocycles. The third-order valence-corrected chi connectivity index (χ3v) is 3.55. The maximum absolute atomic E-state index is 12.3. The molecular weight excluding hydrogens is 324 g/mol. The average Bonchev–Trinajstić information content (AvgIpc) is 2.56. The minimum atomic E-state index is -0.985. The number of nitro groups is 1. The first kappa shape index (κ1) is 18.1. The number of benzene rings is 2. The van der Waals surface area contributed by atoms with Gasteiger partial charge in [0.05, 0.1) is 10.6 Å². The molecule has 1 unspecified atom stereocenters. The second-order valence-electron chi connectivity index (χ2n) is 5.58. The molecule has 1 atom stereocenters. The number of hydrogen-bond acceptors (Lipinski definition) is 5. The van der Waals surface area contributed by atoms with Gasteiger partial charge in [-0.05, 0) is 44.5 Å². The SMILES string of the molecule is CC(=O)c1ccccc1NC(=O)C(C)Oc1ccc(C)cc1[N+](=O)[O-]. The van der Waals surface area contributed by atoms with Crippen LogP contribution in [0.2, 0.25) is 0 Å². The number of ketones is 1. The zero-order valence-corrected chi connectivity index (χ0v) is 14.1. The molecule has 2 aromatic carbocycles. The van der Waals surface area contributed by atoms with Crippen molar-refractivity contribution >= 4 is 23.1 Å². The van der Waals surface area contributed by atoms with Crippen LogP contribution < -0.4 is 10.1 Å². The molecule has 0 aliphatic rings. The molecule has 0 fully saturated rings. The van der Waals surface area contributed by atoms with Gasteiger partial charge in [0.25, 0.3) is 5.91 Å². The van der Waals surface area contributed by atoms with Crippen molar-refractivity contribution in [3.63, 3.8) is 0 Å². The lowest BCUT2D eigenvalue weighted by Crippen LogP contribution is -2.30. The molecule has 1 amide bonds. The van der Waals surface area contributed by atoms with Crippen molar-refractivity contribution in [2.75, 3.05) is 5.32 Å². The highest BCUT2D eigenvalue weighted by Crippen LogP contribution is 2.29. The smallest absolute Gasteiger partial charge is 0.311 e. The molecule has 0 heterocycles. The minimum Gasteiger partial charge on any atom is -0.474 e. The standard InChI is InChI=1S/C18H18N2O5/c1-11-8-9-17(16(10-11)20(23)24)25-13(3)18(22)19-15-7-5-4-6-14(15)12(2)21/h4-10,13H,1-3H3,(H,19,22). The molecule has 25 heavy (non-hydrogen) atoms. The highest BCUT2D eigenvalue weighted by Gasteiger charge is 2.22. The van der Waals surface area contributed by atoms with Crippen LogP contribution in [0.15, 0.2) is 42.5 Å². The second kappa shape index (κ2) is 7.57. The predicted molar refractivity (Wildman–Crippen MR) is 93.0 cm³/mol. The Balaban J connectivity index is 2.17. The summed E-state index contributed by atoms with van der Waals surface area (Å²) >= 11 is 0. The van der Waals surface area contributed by atoms with E-state index in [-0.39, 0.29) is 17.2 Å². The Morgan fingerprint density at radius 1 is 1.20 bits per heavy atom. The van der Waals surface area contributed by atoms with Crippen LogP contribution in [0.3, 0.4) is 0 Å². The summed E-state index contributed by atoms with van der Waals surface area (Å²) in [6.45, 7) is 4.61. The summed E-state index contributed by atoms with van der Waals surface area (Å²) in [6, 6.07) is 11.1. The lowest BCUT2D eigenvalue weighted by atomic mass is 10.1. The highest BCUT2D eigenvalue weighted by atomic mass is 16.6. The summed E-state index contributed by atoms with van der Waals surface area (Å²) in [5.74, 6) is -0.680. The third kappa shape index (κ3) is 4.41. The van der Waals surface area contributed by atoms with Crippen LogP contribution >= 0.6 is 0 Å². The van der Waals surface area contributed by atoms with Crippen molar-refractivity contribution in [2.24, 2.45) is 0 Å². The molecule has 0 saturated carbocycles. The minimum absolute atomic E-state index is 0.0121. The van der Waals surface area contributed by atoms with Gasteiger partial charge in [-0.2, -0.15) is 0 Å². The van der Waals surface area contributed by atoms with Gasteiger partial charge in [-0.25, -0.2) is 0 Å². The molecule has 0 aromatic heterocycles. The lowest BCUT2D eigenvalue weighted by Gasteiger charge is -2.16. The van der Waals surface area contributed by atoms with Crippen molar-refractivity contribution in [1.82, 2.24) is 0 Å². The molecule has 0 saturated heterocycles. The summed E-state index contributed by atoms with van der Waals surface area (Å²) < 4.78 is 5.46. The fraction of sp³-hybridized carbons (Fsp3) is 0.222. The molecule has 0 aliphatic carbocycles. The van der Waals surface area contributed by atoms with Crippen molar-refractivity contribution in [2.45, 2.75) is 26.9 Å². The molecular formula is C18H18N2O5. The lowest BCUT2D eigenvalue weighted by molar-refractivity contribution is -0.386. The summed E-state index contributed by atoms with van der Waals surface area (Å²) in [7, 11) is 0. The fourth-order valence-electron chi connectivity index (χ4n) is 2.25. The maximum atomic E-state index is 12.3. The number of rotatable bonds is 6. The van der Waals surface area contributed by atoms with Crippen LogP contribution in [0.5, 0.6) is 5.75 Å². The normalized spacial score (nSPS) is 11.5. The quantitative estimate of drug-likeness (QED) is 0.492. The zero-order chi connectivity index (χ0) is 18.6. The van der Waals surface area contributed by atoms with Crippen LogP contribution in [0, 0.1) is 17.0 Å². The van der Waals surface area contributed by atoms with Crippen molar-refractivity contribution in [3.8, 4) is 5.75 Å². The maximum Gasteiger partial charge on any atom is 0.311 e. The zero-order valence-electron chi connectivity index (χ0n) is 14.1. The van der Waals surface area contributed by atoms with Crippen molar-refractivity contribution < 1.29 is 19.2 Å². The Morgan fingerprint density at radius 3 is 2.52 bits per heavy atom. The number of aryl methyl sites for hydroxylation is 1. The summed E-state index contributed by atoms with van der Waals surface area (Å²) in [5, 5.41) is 13.7. The number of anilines is 1. The molecule has 2 rings (SSSR count). The average molecular weight is 342 g/mol. The summed E-state index contributed by atoms with van der Waals surface area (Å²) in [4.78, 5) is 34.5. The van der Waals surface area contributed by atoms with E-state index < -0.39 is 16.9 Å². The molecule has 0 bridgehead atoms. The number of nitro benzene ring substituents is 1. The number of nitrogens with one attached hydrogen (secondary N) is 1. The number of nitrogens with zero attached hydrogens (tertiary/aromatic N) is 1. The van der Waals surface area contributed by atoms with E-state index in [1.807, 2.05) is 0 Å². The van der Waals surface area contributed by atoms with E-state index in [2.05, 4.69) is 5.32 Å². The number of hydrogen-bond donors (Lipinski definition) is 1. The molecule has 7 heteroatoms. The van der Waals surface area contributed by atoms with Gasteiger partial charge in [0, 0.05) is 11.6 Å². The Bertz CT molecular complexity index is 832. The van der Waals surface area contributed by atoms with Crippen molar-refractivity contribution in [3.05, 3.63) is 63.7 Å². The van der Waals surface area contributed by atoms with E-state index in [1.54, 1.807) is 37.3 Å². The monoisotopic (exact) mass is 342 g/mol. The number of ether oxygens (including phenoxy) is 1. The molecule has 0 spiro atoms. The van der Waals surface area contributed by atoms with Gasteiger partial charge in [0.15, 0.2) is 17.6 Å². The number of amides is 1. The van der Waals surface area contributed by atoms with E-state index in [0.717, 1.165) is 0 Å². The van der Waals surface area contributed by atoms with Gasteiger partial charge in [0.2, 0.25) is 0 Å². The Morgan fingerprint density at radius 2 is 1.88 bits per heavy atom. The van der Waals surface area contributed by atoms with Crippen LogP contribution in [0.4, 0.5) is 11.4 Å². The van der Waals surface area contributed by atoms with Crippen LogP contribution in [0.25, 0.3) is 0 Å². The van der Waals surface area contributed by atoms with Crippen LogP contribution in [-0.2, 0) is 4.79 Å². The van der Waals surface area contributed by atoms with Gasteiger partial charge in [0.1, 0.15) is 0 Å². The van der Waals surface area contributed by atoms with E-state index in [4.69, 9.17) is 4.74 Å². The first-order valence-corrected chi connectivity index (χ1v) is 7.62. The van der Waals surface area contributed by atoms with E-state index in [1.165, 1.54) is 26.0 Å². The topological polar surface area (TPSA) is 98.5 Å². The molecule has 130 valence electrons. The van der Waals surface area contributed by atoms with Crippen molar-refractivity contribution in [1.29, 1.82) is 0 Å². The van der Waals surface area contributed by atoms with Gasteiger partial charge in [-0.15, -0.1) is 0 Å².